The molecular weight excluding hydrogens is 270 g/mol. The Balaban J connectivity index is 1.76. The molecule has 0 aliphatic heterocycles. The molecule has 22 heavy (non-hydrogen) atoms. The number of aromatic nitrogens is 1. The lowest BCUT2D eigenvalue weighted by Crippen LogP contribution is -2.29. The van der Waals surface area contributed by atoms with Crippen molar-refractivity contribution in [1.29, 1.82) is 0 Å². The summed E-state index contributed by atoms with van der Waals surface area (Å²) in [5, 5.41) is 3.39. The summed E-state index contributed by atoms with van der Waals surface area (Å²) in [5.41, 5.74) is 4.52. The number of para-hydroxylation sites is 1. The van der Waals surface area contributed by atoms with E-state index in [0.29, 0.717) is 0 Å². The highest BCUT2D eigenvalue weighted by molar-refractivity contribution is 5.60. The highest BCUT2D eigenvalue weighted by atomic mass is 15.1. The van der Waals surface area contributed by atoms with E-state index < -0.39 is 0 Å². The Morgan fingerprint density at radius 2 is 1.32 bits per heavy atom. The first-order valence-electron chi connectivity index (χ1n) is 7.33. The second-order valence-electron chi connectivity index (χ2n) is 5.40. The van der Waals surface area contributed by atoms with Crippen molar-refractivity contribution in [2.45, 2.75) is 0 Å². The van der Waals surface area contributed by atoms with Gasteiger partial charge in [0.25, 0.3) is 0 Å². The van der Waals surface area contributed by atoms with Crippen LogP contribution < -0.4 is 14.8 Å². The smallest absolute Gasteiger partial charge is 0.210 e. The van der Waals surface area contributed by atoms with Crippen molar-refractivity contribution in [2.75, 3.05) is 24.3 Å². The van der Waals surface area contributed by atoms with Gasteiger partial charge in [-0.15, -0.1) is 0 Å². The van der Waals surface area contributed by atoms with Gasteiger partial charge in [-0.05, 0) is 24.3 Å². The van der Waals surface area contributed by atoms with Gasteiger partial charge >= 0.3 is 0 Å². The molecule has 1 N–H and O–H groups in total. The zero-order chi connectivity index (χ0) is 15.4. The lowest BCUT2D eigenvalue weighted by molar-refractivity contribution is -0.595. The van der Waals surface area contributed by atoms with Crippen LogP contribution in [0.15, 0.2) is 79.1 Å². The van der Waals surface area contributed by atoms with Gasteiger partial charge in [0, 0.05) is 55.4 Å². The van der Waals surface area contributed by atoms with E-state index >= 15 is 0 Å². The van der Waals surface area contributed by atoms with Gasteiger partial charge in [0.2, 0.25) is 5.69 Å². The van der Waals surface area contributed by atoms with Crippen LogP contribution in [-0.4, -0.2) is 14.1 Å². The molecule has 3 heteroatoms. The van der Waals surface area contributed by atoms with Crippen LogP contribution in [0, 0.1) is 0 Å². The zero-order valence-corrected chi connectivity index (χ0v) is 12.9. The van der Waals surface area contributed by atoms with Crippen LogP contribution in [0.2, 0.25) is 0 Å². The maximum absolute atomic E-state index is 3.39. The fourth-order valence-corrected chi connectivity index (χ4v) is 2.29. The molecule has 0 aliphatic rings. The van der Waals surface area contributed by atoms with E-state index in [9.17, 15) is 0 Å². The quantitative estimate of drug-likeness (QED) is 0.738. The molecule has 0 radical (unpaired) electrons. The van der Waals surface area contributed by atoms with Gasteiger partial charge < -0.3 is 10.2 Å². The first-order chi connectivity index (χ1) is 10.7. The molecule has 1 aromatic heterocycles. The largest absolute Gasteiger partial charge is 0.377 e. The molecule has 3 rings (SSSR count). The average molecular weight is 290 g/mol. The van der Waals surface area contributed by atoms with Crippen LogP contribution >= 0.6 is 0 Å². The van der Waals surface area contributed by atoms with E-state index in [2.05, 4.69) is 75.7 Å². The second kappa shape index (κ2) is 6.31. The Hall–Kier alpha value is -2.81. The molecule has 0 unspecified atom stereocenters. The molecule has 0 fully saturated rings. The monoisotopic (exact) mass is 290 g/mol. The van der Waals surface area contributed by atoms with Gasteiger partial charge in [0.1, 0.15) is 0 Å². The highest BCUT2D eigenvalue weighted by Gasteiger charge is 2.06. The first-order valence-corrected chi connectivity index (χ1v) is 7.33. The molecule has 3 aromatic rings. The first kappa shape index (κ1) is 14.1. The van der Waals surface area contributed by atoms with Gasteiger partial charge in [0.05, 0.1) is 0 Å². The minimum absolute atomic E-state index is 1.08. The van der Waals surface area contributed by atoms with Crippen molar-refractivity contribution >= 4 is 17.1 Å². The third kappa shape index (κ3) is 3.26. The number of hydrogen-bond acceptors (Lipinski definition) is 2. The summed E-state index contributed by atoms with van der Waals surface area (Å²) >= 11 is 0. The van der Waals surface area contributed by atoms with Crippen LogP contribution in [0.5, 0.6) is 0 Å². The maximum Gasteiger partial charge on any atom is 0.210 e. The standard InChI is InChI=1S/C19H20N3/c1-21(2)18-12-14-22(15-13-18)19-10-8-17(9-11-19)20-16-6-4-3-5-7-16/h3-15,20H,1-2H3/q+1. The van der Waals surface area contributed by atoms with Crippen molar-refractivity contribution in [3.05, 3.63) is 79.1 Å². The lowest BCUT2D eigenvalue weighted by atomic mass is 10.2. The number of nitrogens with zero attached hydrogens (tertiary/aromatic N) is 2. The number of nitrogens with one attached hydrogen (secondary N) is 1. The van der Waals surface area contributed by atoms with Crippen molar-refractivity contribution in [2.24, 2.45) is 0 Å². The van der Waals surface area contributed by atoms with Crippen molar-refractivity contribution in [3.63, 3.8) is 0 Å². The molecule has 0 saturated heterocycles. The molecule has 110 valence electrons. The number of pyridine rings is 1. The molecule has 0 atom stereocenters. The summed E-state index contributed by atoms with van der Waals surface area (Å²) in [5.74, 6) is 0. The Bertz CT molecular complexity index is 717. The minimum Gasteiger partial charge on any atom is -0.377 e. The summed E-state index contributed by atoms with van der Waals surface area (Å²) in [6.45, 7) is 0. The Morgan fingerprint density at radius 1 is 0.727 bits per heavy atom. The summed E-state index contributed by atoms with van der Waals surface area (Å²) < 4.78 is 2.11. The number of benzene rings is 2. The van der Waals surface area contributed by atoms with Gasteiger partial charge in [0.15, 0.2) is 12.4 Å². The highest BCUT2D eigenvalue weighted by Crippen LogP contribution is 2.16. The summed E-state index contributed by atoms with van der Waals surface area (Å²) in [6, 6.07) is 22.8. The Kier molecular flexibility index (Phi) is 4.05. The number of hydrogen-bond donors (Lipinski definition) is 1. The summed E-state index contributed by atoms with van der Waals surface area (Å²) in [4.78, 5) is 2.09. The molecule has 1 heterocycles. The van der Waals surface area contributed by atoms with Crippen molar-refractivity contribution < 1.29 is 4.57 Å². The predicted molar refractivity (Wildman–Crippen MR) is 92.0 cm³/mol. The van der Waals surface area contributed by atoms with Crippen LogP contribution in [0.1, 0.15) is 0 Å². The summed E-state index contributed by atoms with van der Waals surface area (Å²) in [6.07, 6.45) is 4.16. The maximum atomic E-state index is 3.39. The Morgan fingerprint density at radius 3 is 1.91 bits per heavy atom. The molecule has 0 aliphatic carbocycles. The van der Waals surface area contributed by atoms with Crippen LogP contribution in [0.3, 0.4) is 0 Å². The molecule has 2 aromatic carbocycles. The normalized spacial score (nSPS) is 10.3. The Labute approximate surface area is 131 Å². The number of anilines is 3. The zero-order valence-electron chi connectivity index (χ0n) is 12.9. The van der Waals surface area contributed by atoms with Crippen molar-refractivity contribution in [1.82, 2.24) is 0 Å². The van der Waals surface area contributed by atoms with Gasteiger partial charge in [-0.1, -0.05) is 18.2 Å². The van der Waals surface area contributed by atoms with Gasteiger partial charge in [-0.3, -0.25) is 0 Å². The predicted octanol–water partition coefficient (Wildman–Crippen LogP) is 3.77. The van der Waals surface area contributed by atoms with Crippen LogP contribution in [-0.2, 0) is 0 Å². The van der Waals surface area contributed by atoms with Crippen LogP contribution in [0.25, 0.3) is 5.69 Å². The van der Waals surface area contributed by atoms with E-state index in [1.807, 2.05) is 32.3 Å². The van der Waals surface area contributed by atoms with E-state index in [1.165, 1.54) is 5.69 Å². The van der Waals surface area contributed by atoms with E-state index in [-0.39, 0.29) is 0 Å². The van der Waals surface area contributed by atoms with Gasteiger partial charge in [-0.2, -0.15) is 4.57 Å². The minimum atomic E-state index is 1.08. The average Bonchev–Trinajstić information content (AvgIpc) is 2.57. The number of rotatable bonds is 4. The third-order valence-corrected chi connectivity index (χ3v) is 3.56. The second-order valence-corrected chi connectivity index (χ2v) is 5.40. The molecule has 0 spiro atoms. The van der Waals surface area contributed by atoms with Gasteiger partial charge in [-0.25, -0.2) is 0 Å². The van der Waals surface area contributed by atoms with Crippen LogP contribution in [0.4, 0.5) is 17.1 Å². The lowest BCUT2D eigenvalue weighted by Gasteiger charge is -2.10. The molecule has 3 nitrogen and oxygen atoms in total. The molecular formula is C19H20N3+. The van der Waals surface area contributed by atoms with Crippen molar-refractivity contribution in [3.8, 4) is 5.69 Å². The topological polar surface area (TPSA) is 19.1 Å². The molecule has 0 bridgehead atoms. The van der Waals surface area contributed by atoms with E-state index in [0.717, 1.165) is 17.1 Å². The van der Waals surface area contributed by atoms with E-state index in [1.54, 1.807) is 0 Å². The molecule has 0 saturated carbocycles. The SMILES string of the molecule is CN(C)c1cc[n+](-c2ccc(Nc3ccccc3)cc2)cc1. The fraction of sp³-hybridized carbons (Fsp3) is 0.105. The van der Waals surface area contributed by atoms with E-state index in [4.69, 9.17) is 0 Å². The third-order valence-electron chi connectivity index (χ3n) is 3.56. The molecule has 0 amide bonds. The summed E-state index contributed by atoms with van der Waals surface area (Å²) in [7, 11) is 4.09. The fourth-order valence-electron chi connectivity index (χ4n) is 2.29.